The molecule has 0 bridgehead atoms. The molecule has 0 spiro atoms. The summed E-state index contributed by atoms with van der Waals surface area (Å²) in [6.07, 6.45) is 10.1. The van der Waals surface area contributed by atoms with Crippen LogP contribution in [-0.2, 0) is 16.6 Å². The minimum absolute atomic E-state index is 0.239. The molecule has 0 radical (unpaired) electrons. The SMILES string of the molecule is CC1=C(C)C2(C)CC3(C)C(C)=C(C)C(C)=[C]3[Ti]([CH]3CC(C)CCC3C(C)C)([CH]3CC(C)CCC3C(C)C)[C]2=C1C. The molecule has 5 rings (SSSR count). The third-order valence-electron chi connectivity index (χ3n) is 14.5. The van der Waals surface area contributed by atoms with E-state index in [1.54, 1.807) is 33.4 Å². The zero-order valence-corrected chi connectivity index (χ0v) is 30.6. The van der Waals surface area contributed by atoms with Crippen molar-refractivity contribution in [3.63, 3.8) is 0 Å². The average molecular weight is 581 g/mol. The van der Waals surface area contributed by atoms with Gasteiger partial charge in [0, 0.05) is 0 Å². The van der Waals surface area contributed by atoms with Gasteiger partial charge in [0.15, 0.2) is 0 Å². The summed E-state index contributed by atoms with van der Waals surface area (Å²) >= 11 is -3.08. The molecule has 1 heterocycles. The molecule has 0 aromatic heterocycles. The van der Waals surface area contributed by atoms with Crippen molar-refractivity contribution in [2.45, 2.75) is 150 Å². The molecule has 8 atom stereocenters. The summed E-state index contributed by atoms with van der Waals surface area (Å²) in [6.45, 7) is 36.5. The number of hydrogen-bond acceptors (Lipinski definition) is 0. The van der Waals surface area contributed by atoms with Gasteiger partial charge < -0.3 is 0 Å². The van der Waals surface area contributed by atoms with Crippen molar-refractivity contribution in [2.24, 2.45) is 46.3 Å². The van der Waals surface area contributed by atoms with Crippen LogP contribution in [0.2, 0.25) is 8.45 Å². The van der Waals surface area contributed by atoms with E-state index in [9.17, 15) is 0 Å². The Hall–Kier alpha value is -0.326. The predicted molar refractivity (Wildman–Crippen MR) is 173 cm³/mol. The van der Waals surface area contributed by atoms with E-state index in [1.165, 1.54) is 44.9 Å². The van der Waals surface area contributed by atoms with Crippen molar-refractivity contribution in [1.29, 1.82) is 0 Å². The molecule has 1 saturated heterocycles. The summed E-state index contributed by atoms with van der Waals surface area (Å²) in [4.78, 5) is 0. The molecule has 3 fully saturated rings. The Kier molecular flexibility index (Phi) is 8.08. The molecule has 8 unspecified atom stereocenters. The van der Waals surface area contributed by atoms with E-state index < -0.39 is 16.6 Å². The van der Waals surface area contributed by atoms with Crippen LogP contribution in [0.4, 0.5) is 0 Å². The van der Waals surface area contributed by atoms with E-state index in [-0.39, 0.29) is 10.8 Å². The van der Waals surface area contributed by atoms with Crippen molar-refractivity contribution in [2.75, 3.05) is 0 Å². The van der Waals surface area contributed by atoms with Gasteiger partial charge in [-0.15, -0.1) is 0 Å². The first-order valence-corrected chi connectivity index (χ1v) is 20.7. The van der Waals surface area contributed by atoms with Gasteiger partial charge in [0.05, 0.1) is 0 Å². The second kappa shape index (κ2) is 10.4. The Labute approximate surface area is 253 Å². The Morgan fingerprint density at radius 2 is 0.925 bits per heavy atom. The quantitative estimate of drug-likeness (QED) is 0.290. The molecule has 0 N–H and O–H groups in total. The van der Waals surface area contributed by atoms with Crippen molar-refractivity contribution in [1.82, 2.24) is 0 Å². The monoisotopic (exact) mass is 580 g/mol. The molecule has 0 aromatic rings. The molecule has 1 heteroatoms. The van der Waals surface area contributed by atoms with Gasteiger partial charge in [0.2, 0.25) is 0 Å². The standard InChI is InChI=1S/C19H26.2C10H19.Ti/c1-12-9-18(7,16(5)14(12)3)11-19(8)10-13(2)15(4)17(19)6;2*1-8(2)10-6-4-9(3)5-7-10;/h11H2,1-8H3;2*6,8-10H,4-5,7H2,1-3H3;. The summed E-state index contributed by atoms with van der Waals surface area (Å²) in [6, 6.07) is 0. The van der Waals surface area contributed by atoms with Crippen LogP contribution in [0.5, 0.6) is 0 Å². The van der Waals surface area contributed by atoms with E-state index >= 15 is 0 Å². The molecule has 0 nitrogen and oxygen atoms in total. The fourth-order valence-corrected chi connectivity index (χ4v) is 28.3. The second-order valence-corrected chi connectivity index (χ2v) is 23.7. The van der Waals surface area contributed by atoms with Crippen LogP contribution in [0, 0.1) is 46.3 Å². The molecule has 5 aliphatic rings. The maximum absolute atomic E-state index is 3.08. The topological polar surface area (TPSA) is 0 Å². The Morgan fingerprint density at radius 1 is 0.575 bits per heavy atom. The van der Waals surface area contributed by atoms with Crippen molar-refractivity contribution >= 4 is 0 Å². The average Bonchev–Trinajstić information content (AvgIpc) is 3.15. The van der Waals surface area contributed by atoms with Gasteiger partial charge in [0.1, 0.15) is 0 Å². The van der Waals surface area contributed by atoms with Crippen molar-refractivity contribution in [3.05, 3.63) is 41.2 Å². The summed E-state index contributed by atoms with van der Waals surface area (Å²) in [7, 11) is 0. The molecule has 2 saturated carbocycles. The van der Waals surface area contributed by atoms with Crippen LogP contribution in [0.1, 0.15) is 142 Å². The predicted octanol–water partition coefficient (Wildman–Crippen LogP) is 12.6. The van der Waals surface area contributed by atoms with Crippen LogP contribution >= 0.6 is 0 Å². The first kappa shape index (κ1) is 31.1. The zero-order chi connectivity index (χ0) is 29.7. The molecular weight excluding hydrogens is 516 g/mol. The van der Waals surface area contributed by atoms with E-state index in [0.29, 0.717) is 0 Å². The summed E-state index contributed by atoms with van der Waals surface area (Å²) < 4.78 is 6.05. The Morgan fingerprint density at radius 3 is 1.25 bits per heavy atom. The van der Waals surface area contributed by atoms with Gasteiger partial charge in [0.25, 0.3) is 0 Å². The van der Waals surface area contributed by atoms with Gasteiger partial charge >= 0.3 is 254 Å². The van der Waals surface area contributed by atoms with Crippen LogP contribution in [-0.4, -0.2) is 0 Å². The van der Waals surface area contributed by atoms with Crippen LogP contribution in [0.3, 0.4) is 0 Å². The summed E-state index contributed by atoms with van der Waals surface area (Å²) in [5.74, 6) is 5.08. The van der Waals surface area contributed by atoms with Gasteiger partial charge in [-0.2, -0.15) is 0 Å². The van der Waals surface area contributed by atoms with Crippen molar-refractivity contribution < 1.29 is 16.6 Å². The zero-order valence-electron chi connectivity index (χ0n) is 29.1. The molecule has 40 heavy (non-hydrogen) atoms. The third-order valence-corrected chi connectivity index (χ3v) is 25.7. The van der Waals surface area contributed by atoms with Crippen LogP contribution in [0.15, 0.2) is 41.2 Å². The van der Waals surface area contributed by atoms with E-state index in [1.807, 2.05) is 0 Å². The van der Waals surface area contributed by atoms with Gasteiger partial charge in [-0.1, -0.05) is 0 Å². The van der Waals surface area contributed by atoms with E-state index in [2.05, 4.69) is 105 Å². The van der Waals surface area contributed by atoms with Gasteiger partial charge in [-0.3, -0.25) is 0 Å². The molecule has 0 amide bonds. The van der Waals surface area contributed by atoms with E-state index in [4.69, 9.17) is 0 Å². The molecule has 1 aliphatic heterocycles. The van der Waals surface area contributed by atoms with Gasteiger partial charge in [-0.25, -0.2) is 0 Å². The molecule has 224 valence electrons. The van der Waals surface area contributed by atoms with Crippen molar-refractivity contribution in [3.8, 4) is 0 Å². The first-order chi connectivity index (χ1) is 18.5. The second-order valence-electron chi connectivity index (χ2n) is 17.1. The molecule has 4 aliphatic carbocycles. The number of allylic oxidation sites excluding steroid dienone is 8. The molecular formula is C39H64Ti. The number of rotatable bonds is 4. The fraction of sp³-hybridized carbons (Fsp3) is 0.795. The van der Waals surface area contributed by atoms with E-state index in [0.717, 1.165) is 44.0 Å². The Bertz CT molecular complexity index is 1090. The maximum atomic E-state index is 2.75. The summed E-state index contributed by atoms with van der Waals surface area (Å²) in [5.41, 5.74) is 10.8. The van der Waals surface area contributed by atoms with Gasteiger partial charge in [-0.05, 0) is 0 Å². The Balaban J connectivity index is 1.97. The van der Waals surface area contributed by atoms with Crippen LogP contribution < -0.4 is 0 Å². The fourth-order valence-electron chi connectivity index (χ4n) is 12.2. The van der Waals surface area contributed by atoms with Crippen LogP contribution in [0.25, 0.3) is 0 Å². The number of fused-ring (bicyclic) bond motifs is 2. The number of hydrogen-bond donors (Lipinski definition) is 0. The third kappa shape index (κ3) is 4.06. The molecule has 0 aromatic carbocycles. The summed E-state index contributed by atoms with van der Waals surface area (Å²) in [5, 5.41) is 0. The minimum atomic E-state index is -3.08. The first-order valence-electron chi connectivity index (χ1n) is 17.3. The normalized spacial score (nSPS) is 44.4.